The molecule has 1 N–H and O–H groups in total. The van der Waals surface area contributed by atoms with E-state index in [4.69, 9.17) is 9.47 Å². The number of hydrogen-bond donors (Lipinski definition) is 1. The van der Waals surface area contributed by atoms with E-state index in [2.05, 4.69) is 21.2 Å². The number of nitrogens with one attached hydrogen (secondary N) is 1. The quantitative estimate of drug-likeness (QED) is 0.793. The van der Waals surface area contributed by atoms with Crippen LogP contribution >= 0.6 is 27.7 Å². The van der Waals surface area contributed by atoms with Crippen molar-refractivity contribution in [3.05, 3.63) is 52.5 Å². The zero-order valence-corrected chi connectivity index (χ0v) is 15.7. The van der Waals surface area contributed by atoms with Crippen LogP contribution in [-0.4, -0.2) is 24.4 Å². The summed E-state index contributed by atoms with van der Waals surface area (Å²) in [4.78, 5) is 12.3. The van der Waals surface area contributed by atoms with Gasteiger partial charge in [-0.15, -0.1) is 11.8 Å². The number of amides is 1. The second kappa shape index (κ2) is 7.94. The molecule has 24 heavy (non-hydrogen) atoms. The average molecular weight is 408 g/mol. The zero-order chi connectivity index (χ0) is 16.9. The largest absolute Gasteiger partial charge is 0.486 e. The van der Waals surface area contributed by atoms with Gasteiger partial charge in [0.2, 0.25) is 5.91 Å². The Hall–Kier alpha value is -1.66. The van der Waals surface area contributed by atoms with Crippen molar-refractivity contribution < 1.29 is 14.3 Å². The Morgan fingerprint density at radius 3 is 2.58 bits per heavy atom. The molecule has 0 fully saturated rings. The fourth-order valence-corrected chi connectivity index (χ4v) is 3.80. The van der Waals surface area contributed by atoms with Gasteiger partial charge in [0.05, 0.1) is 5.25 Å². The molecule has 1 amide bonds. The van der Waals surface area contributed by atoms with Crippen molar-refractivity contribution in [2.24, 2.45) is 0 Å². The minimum absolute atomic E-state index is 0.000124. The van der Waals surface area contributed by atoms with Crippen molar-refractivity contribution in [3.8, 4) is 11.5 Å². The Bertz CT molecular complexity index is 724. The molecule has 126 valence electrons. The lowest BCUT2D eigenvalue weighted by atomic mass is 10.2. The van der Waals surface area contributed by atoms with Gasteiger partial charge in [0.1, 0.15) is 13.2 Å². The Morgan fingerprint density at radius 1 is 1.21 bits per heavy atom. The number of carbonyl (C=O) groups excluding carboxylic acids is 1. The highest BCUT2D eigenvalue weighted by Gasteiger charge is 2.18. The van der Waals surface area contributed by atoms with E-state index in [-0.39, 0.29) is 11.2 Å². The van der Waals surface area contributed by atoms with E-state index in [0.717, 1.165) is 27.2 Å². The molecular formula is C18H18BrNO3S. The van der Waals surface area contributed by atoms with Gasteiger partial charge >= 0.3 is 0 Å². The predicted molar refractivity (Wildman–Crippen MR) is 101 cm³/mol. The first kappa shape index (κ1) is 17.2. The second-order valence-electron chi connectivity index (χ2n) is 5.40. The summed E-state index contributed by atoms with van der Waals surface area (Å²) in [5, 5.41) is 2.76. The summed E-state index contributed by atoms with van der Waals surface area (Å²) in [6.07, 6.45) is 0. The topological polar surface area (TPSA) is 47.6 Å². The van der Waals surface area contributed by atoms with Crippen molar-refractivity contribution in [3.63, 3.8) is 0 Å². The molecular weight excluding hydrogens is 390 g/mol. The van der Waals surface area contributed by atoms with E-state index < -0.39 is 0 Å². The van der Waals surface area contributed by atoms with Crippen LogP contribution in [0.3, 0.4) is 0 Å². The van der Waals surface area contributed by atoms with Gasteiger partial charge in [-0.05, 0) is 36.8 Å². The summed E-state index contributed by atoms with van der Waals surface area (Å²) in [6.45, 7) is 3.05. The highest BCUT2D eigenvalue weighted by Crippen LogP contribution is 2.37. The molecule has 0 aromatic heterocycles. The van der Waals surface area contributed by atoms with Crippen molar-refractivity contribution in [1.29, 1.82) is 0 Å². The Labute approximate surface area is 154 Å². The third-order valence-corrected chi connectivity index (χ3v) is 5.54. The summed E-state index contributed by atoms with van der Waals surface area (Å²) in [5.74, 6) is 2.23. The van der Waals surface area contributed by atoms with E-state index in [9.17, 15) is 4.79 Å². The summed E-state index contributed by atoms with van der Waals surface area (Å²) in [6, 6.07) is 13.4. The molecule has 1 aliphatic heterocycles. The third kappa shape index (κ3) is 4.24. The lowest BCUT2D eigenvalue weighted by Crippen LogP contribution is -2.22. The second-order valence-corrected chi connectivity index (χ2v) is 7.58. The van der Waals surface area contributed by atoms with E-state index in [1.165, 1.54) is 0 Å². The van der Waals surface area contributed by atoms with Crippen LogP contribution in [0.25, 0.3) is 0 Å². The van der Waals surface area contributed by atoms with E-state index in [1.54, 1.807) is 11.8 Å². The predicted octanol–water partition coefficient (Wildman–Crippen LogP) is 4.48. The normalized spacial score (nSPS) is 14.1. The first-order valence-corrected chi connectivity index (χ1v) is 9.53. The van der Waals surface area contributed by atoms with Crippen LogP contribution in [0.5, 0.6) is 11.5 Å². The number of fused-ring (bicyclic) bond motifs is 1. The van der Waals surface area contributed by atoms with Crippen molar-refractivity contribution in [2.45, 2.75) is 17.9 Å². The molecule has 0 bridgehead atoms. The highest BCUT2D eigenvalue weighted by atomic mass is 79.9. The molecule has 3 rings (SSSR count). The van der Waals surface area contributed by atoms with E-state index in [1.807, 2.05) is 49.4 Å². The fourth-order valence-electron chi connectivity index (χ4n) is 2.27. The van der Waals surface area contributed by atoms with Crippen molar-refractivity contribution >= 4 is 39.3 Å². The number of ether oxygens (including phenoxy) is 2. The number of rotatable bonds is 5. The van der Waals surface area contributed by atoms with Gasteiger partial charge in [-0.3, -0.25) is 4.79 Å². The van der Waals surface area contributed by atoms with Crippen LogP contribution in [0.1, 0.15) is 12.5 Å². The summed E-state index contributed by atoms with van der Waals surface area (Å²) in [7, 11) is 0. The molecule has 4 nitrogen and oxygen atoms in total. The van der Waals surface area contributed by atoms with Gasteiger partial charge in [0.25, 0.3) is 0 Å². The van der Waals surface area contributed by atoms with Gasteiger partial charge in [0.15, 0.2) is 11.5 Å². The maximum atomic E-state index is 12.3. The smallest absolute Gasteiger partial charge is 0.237 e. The van der Waals surface area contributed by atoms with Crippen LogP contribution in [0.2, 0.25) is 0 Å². The summed E-state index contributed by atoms with van der Waals surface area (Å²) < 4.78 is 12.1. The Kier molecular flexibility index (Phi) is 5.68. The molecule has 0 spiro atoms. The zero-order valence-electron chi connectivity index (χ0n) is 13.3. The Balaban J connectivity index is 1.59. The van der Waals surface area contributed by atoms with Gasteiger partial charge in [-0.1, -0.05) is 34.1 Å². The molecule has 2 aromatic carbocycles. The van der Waals surface area contributed by atoms with Crippen molar-refractivity contribution in [2.75, 3.05) is 18.5 Å². The minimum atomic E-state index is -0.162. The highest BCUT2D eigenvalue weighted by molar-refractivity contribution is 9.10. The van der Waals surface area contributed by atoms with E-state index in [0.29, 0.717) is 19.0 Å². The van der Waals surface area contributed by atoms with Gasteiger partial charge < -0.3 is 14.8 Å². The SMILES string of the molecule is C[C@@H](SCc1cc2c(cc1Br)OCCO2)C(=O)Nc1ccccc1. The lowest BCUT2D eigenvalue weighted by Gasteiger charge is -2.20. The molecule has 0 saturated carbocycles. The number of anilines is 1. The maximum Gasteiger partial charge on any atom is 0.237 e. The fraction of sp³-hybridized carbons (Fsp3) is 0.278. The summed E-state index contributed by atoms with van der Waals surface area (Å²) in [5.41, 5.74) is 1.90. The first-order chi connectivity index (χ1) is 11.6. The van der Waals surface area contributed by atoms with Gasteiger partial charge in [0, 0.05) is 15.9 Å². The van der Waals surface area contributed by atoms with Crippen LogP contribution in [0.4, 0.5) is 5.69 Å². The lowest BCUT2D eigenvalue weighted by molar-refractivity contribution is -0.115. The van der Waals surface area contributed by atoms with Crippen LogP contribution in [0, 0.1) is 0 Å². The van der Waals surface area contributed by atoms with Gasteiger partial charge in [-0.2, -0.15) is 0 Å². The molecule has 2 aromatic rings. The van der Waals surface area contributed by atoms with Gasteiger partial charge in [-0.25, -0.2) is 0 Å². The van der Waals surface area contributed by atoms with Crippen molar-refractivity contribution in [1.82, 2.24) is 0 Å². The standard InChI is InChI=1S/C18H18BrNO3S/c1-12(18(21)20-14-5-3-2-4-6-14)24-11-13-9-16-17(10-15(13)19)23-8-7-22-16/h2-6,9-10,12H,7-8,11H2,1H3,(H,20,21)/t12-/m1/s1. The van der Waals surface area contributed by atoms with Crippen LogP contribution in [0.15, 0.2) is 46.9 Å². The molecule has 1 atom stereocenters. The number of thioether (sulfide) groups is 1. The minimum Gasteiger partial charge on any atom is -0.486 e. The molecule has 0 unspecified atom stereocenters. The maximum absolute atomic E-state index is 12.3. The molecule has 0 radical (unpaired) electrons. The average Bonchev–Trinajstić information content (AvgIpc) is 2.60. The number of carbonyl (C=O) groups is 1. The van der Waals surface area contributed by atoms with Crippen LogP contribution in [-0.2, 0) is 10.5 Å². The third-order valence-electron chi connectivity index (χ3n) is 3.61. The Morgan fingerprint density at radius 2 is 1.88 bits per heavy atom. The first-order valence-electron chi connectivity index (χ1n) is 7.69. The molecule has 1 aliphatic rings. The molecule has 1 heterocycles. The summed E-state index contributed by atoms with van der Waals surface area (Å²) >= 11 is 5.15. The van der Waals surface area contributed by atoms with E-state index >= 15 is 0 Å². The number of halogens is 1. The molecule has 0 saturated heterocycles. The molecule has 0 aliphatic carbocycles. The molecule has 6 heteroatoms. The number of hydrogen-bond acceptors (Lipinski definition) is 4. The van der Waals surface area contributed by atoms with Crippen LogP contribution < -0.4 is 14.8 Å². The monoisotopic (exact) mass is 407 g/mol. The number of para-hydroxylation sites is 1. The number of benzene rings is 2.